The Balaban J connectivity index is 3.40. The largest absolute Gasteiger partial charge is 0.486 e. The third-order valence-corrected chi connectivity index (χ3v) is 0.685. The molecule has 1 unspecified atom stereocenters. The summed E-state index contributed by atoms with van der Waals surface area (Å²) in [7, 11) is -4.49. The number of hydrogen-bond acceptors (Lipinski definition) is 4. The van der Waals surface area contributed by atoms with E-state index >= 15 is 0 Å². The Kier molecular flexibility index (Phi) is 3.27. The summed E-state index contributed by atoms with van der Waals surface area (Å²) in [5, 5.41) is 8.34. The average Bonchev–Trinajstić information content (AvgIpc) is 1.59. The van der Waals surface area contributed by atoms with E-state index in [0.29, 0.717) is 0 Å². The molecule has 9 heavy (non-hydrogen) atoms. The molecule has 0 heterocycles. The summed E-state index contributed by atoms with van der Waals surface area (Å²) in [6, 6.07) is 0. The van der Waals surface area contributed by atoms with Gasteiger partial charge in [-0.1, -0.05) is 0 Å². The second-order valence-electron chi connectivity index (χ2n) is 1.38. The zero-order valence-electron chi connectivity index (χ0n) is 4.68. The normalized spacial score (nSPS) is 15.6. The number of hydroxylamine groups is 1. The number of hydrogen-bond donors (Lipinski definition) is 4. The highest BCUT2D eigenvalue weighted by molar-refractivity contribution is 7.46. The molecule has 0 saturated carbocycles. The Hall–Kier alpha value is 0.0300. The molecule has 0 fully saturated rings. The van der Waals surface area contributed by atoms with Crippen molar-refractivity contribution in [2.75, 3.05) is 0 Å². The first-order valence-corrected chi connectivity index (χ1v) is 3.62. The molecule has 1 atom stereocenters. The van der Waals surface area contributed by atoms with Crippen molar-refractivity contribution in [2.45, 2.75) is 13.2 Å². The fourth-order valence-corrected chi connectivity index (χ4v) is 0.435. The third-order valence-electron chi connectivity index (χ3n) is 0.342. The number of aliphatic hydroxyl groups excluding tert-OH is 1. The average molecular weight is 157 g/mol. The fraction of sp³-hybridized carbons (Fsp3) is 1.00. The minimum absolute atomic E-state index is 1.10. The molecule has 7 heteroatoms. The zero-order chi connectivity index (χ0) is 7.49. The number of phosphoric acid groups is 1. The maximum Gasteiger partial charge on any atom is 0.486 e. The second-order valence-corrected chi connectivity index (χ2v) is 2.54. The summed E-state index contributed by atoms with van der Waals surface area (Å²) in [4.78, 5) is 16.0. The van der Waals surface area contributed by atoms with E-state index in [4.69, 9.17) is 14.9 Å². The van der Waals surface area contributed by atoms with Crippen LogP contribution in [0.4, 0.5) is 0 Å². The first kappa shape index (κ1) is 9.03. The quantitative estimate of drug-likeness (QED) is 0.237. The highest BCUT2D eigenvalue weighted by Gasteiger charge is 2.14. The van der Waals surface area contributed by atoms with Crippen LogP contribution in [0.25, 0.3) is 0 Å². The van der Waals surface area contributed by atoms with Gasteiger partial charge in [-0.25, -0.2) is 4.57 Å². The van der Waals surface area contributed by atoms with Crippen molar-refractivity contribution in [1.29, 1.82) is 0 Å². The molecule has 0 aromatic rings. The van der Waals surface area contributed by atoms with Crippen LogP contribution in [0.2, 0.25) is 0 Å². The molecule has 0 saturated heterocycles. The van der Waals surface area contributed by atoms with Crippen LogP contribution in [0, 0.1) is 0 Å². The lowest BCUT2D eigenvalue weighted by Crippen LogP contribution is -2.24. The Bertz CT molecular complexity index is 118. The minimum Gasteiger partial charge on any atom is -0.377 e. The van der Waals surface area contributed by atoms with Crippen molar-refractivity contribution in [1.82, 2.24) is 5.48 Å². The van der Waals surface area contributed by atoms with Crippen LogP contribution in [-0.2, 0) is 9.19 Å². The van der Waals surface area contributed by atoms with Crippen molar-refractivity contribution in [3.63, 3.8) is 0 Å². The van der Waals surface area contributed by atoms with E-state index in [0.717, 1.165) is 0 Å². The lowest BCUT2D eigenvalue weighted by Gasteiger charge is -2.07. The molecule has 6 nitrogen and oxygen atoms in total. The SMILES string of the molecule is CC(O)NOP(=O)(O)O. The number of nitrogens with one attached hydrogen (secondary N) is 1. The van der Waals surface area contributed by atoms with Gasteiger partial charge in [0, 0.05) is 0 Å². The molecule has 0 amide bonds. The van der Waals surface area contributed by atoms with Gasteiger partial charge in [0.2, 0.25) is 0 Å². The van der Waals surface area contributed by atoms with Gasteiger partial charge in [0.15, 0.2) is 0 Å². The minimum atomic E-state index is -4.49. The van der Waals surface area contributed by atoms with Crippen LogP contribution in [0.3, 0.4) is 0 Å². The summed E-state index contributed by atoms with van der Waals surface area (Å²) in [6.07, 6.45) is -1.10. The van der Waals surface area contributed by atoms with Gasteiger partial charge in [0.1, 0.15) is 6.23 Å². The molecular weight excluding hydrogens is 149 g/mol. The topological polar surface area (TPSA) is 99.0 Å². The molecule has 4 N–H and O–H groups in total. The Morgan fingerprint density at radius 3 is 2.22 bits per heavy atom. The van der Waals surface area contributed by atoms with Crippen LogP contribution in [0.15, 0.2) is 0 Å². The molecule has 0 aromatic heterocycles. The van der Waals surface area contributed by atoms with Crippen LogP contribution >= 0.6 is 7.82 Å². The van der Waals surface area contributed by atoms with Crippen LogP contribution in [-0.4, -0.2) is 21.1 Å². The molecule has 0 bridgehead atoms. The lowest BCUT2D eigenvalue weighted by molar-refractivity contribution is 0.0117. The van der Waals surface area contributed by atoms with Crippen LogP contribution in [0.1, 0.15) is 6.92 Å². The van der Waals surface area contributed by atoms with Gasteiger partial charge in [-0.2, -0.15) is 10.1 Å². The van der Waals surface area contributed by atoms with Crippen molar-refractivity contribution in [3.05, 3.63) is 0 Å². The molecule has 0 radical (unpaired) electrons. The van der Waals surface area contributed by atoms with E-state index in [-0.39, 0.29) is 0 Å². The maximum absolute atomic E-state index is 9.83. The summed E-state index contributed by atoms with van der Waals surface area (Å²) in [6.45, 7) is 1.26. The maximum atomic E-state index is 9.83. The van der Waals surface area contributed by atoms with Gasteiger partial charge in [0.05, 0.1) is 0 Å². The van der Waals surface area contributed by atoms with Crippen LogP contribution < -0.4 is 5.48 Å². The lowest BCUT2D eigenvalue weighted by atomic mass is 10.7. The Morgan fingerprint density at radius 1 is 1.67 bits per heavy atom. The second kappa shape index (κ2) is 3.26. The van der Waals surface area contributed by atoms with Gasteiger partial charge in [-0.3, -0.25) is 0 Å². The zero-order valence-corrected chi connectivity index (χ0v) is 5.58. The summed E-state index contributed by atoms with van der Waals surface area (Å²) < 4.78 is 13.5. The Labute approximate surface area is 51.7 Å². The summed E-state index contributed by atoms with van der Waals surface area (Å²) in [5.74, 6) is 0. The van der Waals surface area contributed by atoms with Gasteiger partial charge in [0.25, 0.3) is 0 Å². The monoisotopic (exact) mass is 157 g/mol. The van der Waals surface area contributed by atoms with E-state index in [1.165, 1.54) is 6.92 Å². The molecule has 0 aliphatic rings. The molecule has 0 aliphatic carbocycles. The highest BCUT2D eigenvalue weighted by atomic mass is 31.2. The Morgan fingerprint density at radius 2 is 2.11 bits per heavy atom. The van der Waals surface area contributed by atoms with E-state index in [9.17, 15) is 4.57 Å². The molecule has 0 aromatic carbocycles. The van der Waals surface area contributed by atoms with Gasteiger partial charge >= 0.3 is 7.82 Å². The first-order chi connectivity index (χ1) is 3.92. The van der Waals surface area contributed by atoms with Crippen LogP contribution in [0.5, 0.6) is 0 Å². The van der Waals surface area contributed by atoms with Crippen molar-refractivity contribution in [2.24, 2.45) is 0 Å². The van der Waals surface area contributed by atoms with Gasteiger partial charge in [-0.15, -0.1) is 0 Å². The molecule has 56 valence electrons. The van der Waals surface area contributed by atoms with E-state index in [1.807, 2.05) is 0 Å². The fourth-order valence-electron chi connectivity index (χ4n) is 0.145. The number of aliphatic hydroxyl groups is 1. The molecular formula is C2H8NO5P. The smallest absolute Gasteiger partial charge is 0.377 e. The van der Waals surface area contributed by atoms with Gasteiger partial charge in [-0.05, 0) is 6.92 Å². The van der Waals surface area contributed by atoms with E-state index in [1.54, 1.807) is 5.48 Å². The van der Waals surface area contributed by atoms with Crippen molar-refractivity contribution in [3.8, 4) is 0 Å². The molecule has 0 spiro atoms. The third kappa shape index (κ3) is 8.03. The highest BCUT2D eigenvalue weighted by Crippen LogP contribution is 2.33. The van der Waals surface area contributed by atoms with E-state index in [2.05, 4.69) is 4.62 Å². The van der Waals surface area contributed by atoms with Crippen molar-refractivity contribution < 1.29 is 24.1 Å². The summed E-state index contributed by atoms with van der Waals surface area (Å²) in [5.41, 5.74) is 1.68. The van der Waals surface area contributed by atoms with Gasteiger partial charge < -0.3 is 14.9 Å². The first-order valence-electron chi connectivity index (χ1n) is 2.09. The predicted molar refractivity (Wildman–Crippen MR) is 27.9 cm³/mol. The standard InChI is InChI=1S/C2H8NO5P/c1-2(4)3-8-9(5,6)7/h2-4H,1H3,(H2,5,6,7). The molecule has 0 aliphatic heterocycles. The van der Waals surface area contributed by atoms with Crippen molar-refractivity contribution >= 4 is 7.82 Å². The number of rotatable bonds is 3. The molecule has 0 rings (SSSR count). The van der Waals surface area contributed by atoms with E-state index < -0.39 is 14.1 Å². The summed E-state index contributed by atoms with van der Waals surface area (Å²) >= 11 is 0. The predicted octanol–water partition coefficient (Wildman–Crippen LogP) is -1.06.